The van der Waals surface area contributed by atoms with Gasteiger partial charge in [-0.05, 0) is 12.8 Å². The van der Waals surface area contributed by atoms with Gasteiger partial charge in [0.1, 0.15) is 6.54 Å². The summed E-state index contributed by atoms with van der Waals surface area (Å²) in [7, 11) is 5.28. The van der Waals surface area contributed by atoms with Crippen molar-refractivity contribution < 1.29 is 29.4 Å². The maximum Gasteiger partial charge on any atom is 0.177 e. The van der Waals surface area contributed by atoms with Gasteiger partial charge in [0.2, 0.25) is 0 Å². The molecule has 0 radical (unpaired) electrons. The monoisotopic (exact) mass is 275 g/mol. The molecule has 0 amide bonds. The van der Waals surface area contributed by atoms with Crippen LogP contribution in [0, 0.1) is 0 Å². The van der Waals surface area contributed by atoms with E-state index in [0.717, 1.165) is 0 Å². The fourth-order valence-corrected chi connectivity index (χ4v) is 2.00. The van der Waals surface area contributed by atoms with Crippen LogP contribution in [0.2, 0.25) is 0 Å². The lowest BCUT2D eigenvalue weighted by molar-refractivity contribution is -0.875. The number of carbonyl (C=O) groups is 2. The smallest absolute Gasteiger partial charge is 0.177 e. The molecule has 0 heterocycles. The molecule has 0 aromatic rings. The molecular formula is C13H25NO5. The molecule has 0 saturated heterocycles. The van der Waals surface area contributed by atoms with Gasteiger partial charge in [-0.25, -0.2) is 0 Å². The van der Waals surface area contributed by atoms with Gasteiger partial charge in [-0.1, -0.05) is 6.92 Å². The molecule has 6 nitrogen and oxygen atoms in total. The van der Waals surface area contributed by atoms with Crippen LogP contribution in [0.5, 0.6) is 0 Å². The Labute approximate surface area is 114 Å². The molecule has 0 aromatic heterocycles. The van der Waals surface area contributed by atoms with E-state index in [9.17, 15) is 24.9 Å². The number of likely N-dealkylation sites (N-methyl/N-ethyl adjacent to an activating group) is 1. The summed E-state index contributed by atoms with van der Waals surface area (Å²) in [5.74, 6) is -2.02. The normalized spacial score (nSPS) is 16.7. The van der Waals surface area contributed by atoms with Crippen molar-refractivity contribution in [1.29, 1.82) is 0 Å². The average Bonchev–Trinajstić information content (AvgIpc) is 2.21. The first-order valence-electron chi connectivity index (χ1n) is 6.44. The van der Waals surface area contributed by atoms with E-state index in [0.29, 0.717) is 6.42 Å². The molecule has 0 rings (SSSR count). The Morgan fingerprint density at radius 1 is 1.32 bits per heavy atom. The van der Waals surface area contributed by atoms with Crippen molar-refractivity contribution >= 4 is 11.8 Å². The third-order valence-corrected chi connectivity index (χ3v) is 2.87. The average molecular weight is 275 g/mol. The Morgan fingerprint density at radius 2 is 1.84 bits per heavy atom. The molecule has 0 fully saturated rings. The Kier molecular flexibility index (Phi) is 6.62. The summed E-state index contributed by atoms with van der Waals surface area (Å²) >= 11 is 0. The fraction of sp³-hybridized carbons (Fsp3) is 0.846. The van der Waals surface area contributed by atoms with Gasteiger partial charge < -0.3 is 24.6 Å². The van der Waals surface area contributed by atoms with Gasteiger partial charge in [-0.2, -0.15) is 0 Å². The second-order valence-corrected chi connectivity index (χ2v) is 6.05. The molecule has 0 bridgehead atoms. The van der Waals surface area contributed by atoms with Gasteiger partial charge in [-0.15, -0.1) is 0 Å². The minimum Gasteiger partial charge on any atom is -0.550 e. The number of nitrogens with zero attached hydrogens (tertiary/aromatic N) is 1. The molecular weight excluding hydrogens is 250 g/mol. The van der Waals surface area contributed by atoms with Crippen LogP contribution in [0.4, 0.5) is 0 Å². The Morgan fingerprint density at radius 3 is 2.21 bits per heavy atom. The first-order chi connectivity index (χ1) is 8.50. The number of rotatable bonds is 9. The van der Waals surface area contributed by atoms with Crippen molar-refractivity contribution in [2.24, 2.45) is 0 Å². The second kappa shape index (κ2) is 6.98. The highest BCUT2D eigenvalue weighted by atomic mass is 16.4. The Balaban J connectivity index is 4.82. The molecule has 0 aliphatic carbocycles. The number of carboxylic acid groups (broad SMARTS) is 1. The van der Waals surface area contributed by atoms with E-state index >= 15 is 0 Å². The van der Waals surface area contributed by atoms with Crippen molar-refractivity contribution in [2.75, 3.05) is 27.7 Å². The van der Waals surface area contributed by atoms with E-state index in [1.54, 1.807) is 28.1 Å². The highest BCUT2D eigenvalue weighted by Crippen LogP contribution is 2.19. The minimum absolute atomic E-state index is 0.0119. The van der Waals surface area contributed by atoms with Crippen molar-refractivity contribution in [3.8, 4) is 0 Å². The van der Waals surface area contributed by atoms with Crippen molar-refractivity contribution in [2.45, 2.75) is 44.3 Å². The molecule has 2 atom stereocenters. The number of aliphatic carboxylic acids is 1. The standard InChI is InChI=1S/C13H25NO5/c1-5-10(15)6-7-11(16)13(19,8-12(17)18)9-14(2,3)4/h10,15,19H,5-9H2,1-4H3. The number of quaternary nitrogens is 1. The largest absolute Gasteiger partial charge is 0.550 e. The molecule has 0 aliphatic rings. The van der Waals surface area contributed by atoms with Crippen LogP contribution in [-0.4, -0.2) is 65.8 Å². The fourth-order valence-electron chi connectivity index (χ4n) is 2.00. The predicted octanol–water partition coefficient (Wildman–Crippen LogP) is -1.32. The summed E-state index contributed by atoms with van der Waals surface area (Å²) in [6.07, 6.45) is -0.633. The molecule has 0 aromatic carbocycles. The van der Waals surface area contributed by atoms with E-state index in [-0.39, 0.29) is 23.9 Å². The number of ketones is 1. The molecule has 6 heteroatoms. The van der Waals surface area contributed by atoms with E-state index in [1.807, 2.05) is 0 Å². The van der Waals surface area contributed by atoms with Crippen molar-refractivity contribution in [1.82, 2.24) is 0 Å². The van der Waals surface area contributed by atoms with Crippen LogP contribution in [-0.2, 0) is 9.59 Å². The lowest BCUT2D eigenvalue weighted by Gasteiger charge is -2.35. The van der Waals surface area contributed by atoms with Crippen LogP contribution in [0.15, 0.2) is 0 Å². The van der Waals surface area contributed by atoms with Gasteiger partial charge in [0.05, 0.1) is 27.2 Å². The highest BCUT2D eigenvalue weighted by molar-refractivity contribution is 5.90. The maximum absolute atomic E-state index is 12.0. The van der Waals surface area contributed by atoms with Crippen molar-refractivity contribution in [3.05, 3.63) is 0 Å². The number of Topliss-reactive ketones (excluding diaryl/α,β-unsaturated/α-hetero) is 1. The van der Waals surface area contributed by atoms with Crippen molar-refractivity contribution in [3.63, 3.8) is 0 Å². The van der Waals surface area contributed by atoms with Gasteiger partial charge in [0, 0.05) is 18.8 Å². The maximum atomic E-state index is 12.0. The van der Waals surface area contributed by atoms with E-state index in [4.69, 9.17) is 0 Å². The van der Waals surface area contributed by atoms with Crippen LogP contribution < -0.4 is 5.11 Å². The molecule has 2 unspecified atom stereocenters. The van der Waals surface area contributed by atoms with E-state index in [1.165, 1.54) is 0 Å². The number of carbonyl (C=O) groups excluding carboxylic acids is 2. The Bertz CT molecular complexity index is 323. The summed E-state index contributed by atoms with van der Waals surface area (Å²) in [4.78, 5) is 22.8. The number of hydrogen-bond donors (Lipinski definition) is 2. The topological polar surface area (TPSA) is 97.7 Å². The van der Waals surface area contributed by atoms with Gasteiger partial charge in [0.15, 0.2) is 11.4 Å². The third-order valence-electron chi connectivity index (χ3n) is 2.87. The van der Waals surface area contributed by atoms with Gasteiger partial charge in [0.25, 0.3) is 0 Å². The summed E-state index contributed by atoms with van der Waals surface area (Å²) < 4.78 is 0.256. The van der Waals surface area contributed by atoms with Crippen LogP contribution in [0.3, 0.4) is 0 Å². The lowest BCUT2D eigenvalue weighted by atomic mass is 9.89. The quantitative estimate of drug-likeness (QED) is 0.509. The first-order valence-corrected chi connectivity index (χ1v) is 6.44. The lowest BCUT2D eigenvalue weighted by Crippen LogP contribution is -2.56. The van der Waals surface area contributed by atoms with E-state index < -0.39 is 29.9 Å². The molecule has 0 saturated carbocycles. The Hall–Kier alpha value is -0.980. The summed E-state index contributed by atoms with van der Waals surface area (Å²) in [6, 6.07) is 0. The van der Waals surface area contributed by atoms with Crippen LogP contribution in [0.25, 0.3) is 0 Å². The SMILES string of the molecule is CCC(O)CCC(=O)C(O)(CC(=O)[O-])C[N+](C)(C)C. The summed E-state index contributed by atoms with van der Waals surface area (Å²) in [5, 5.41) is 30.4. The molecule has 2 N–H and O–H groups in total. The van der Waals surface area contributed by atoms with Gasteiger partial charge in [-0.3, -0.25) is 4.79 Å². The summed E-state index contributed by atoms with van der Waals surface area (Å²) in [5.41, 5.74) is -1.94. The van der Waals surface area contributed by atoms with Gasteiger partial charge >= 0.3 is 0 Å². The zero-order valence-corrected chi connectivity index (χ0v) is 12.2. The summed E-state index contributed by atoms with van der Waals surface area (Å²) in [6.45, 7) is 1.77. The minimum atomic E-state index is -1.94. The number of carboxylic acids is 1. The predicted molar refractivity (Wildman–Crippen MR) is 68.0 cm³/mol. The molecule has 0 aliphatic heterocycles. The molecule has 0 spiro atoms. The number of aliphatic hydroxyl groups is 2. The second-order valence-electron chi connectivity index (χ2n) is 6.05. The first kappa shape index (κ1) is 18.0. The zero-order valence-electron chi connectivity index (χ0n) is 12.2. The van der Waals surface area contributed by atoms with E-state index in [2.05, 4.69) is 0 Å². The third kappa shape index (κ3) is 7.25. The van der Waals surface area contributed by atoms with Crippen LogP contribution >= 0.6 is 0 Å². The number of hydrogen-bond acceptors (Lipinski definition) is 5. The highest BCUT2D eigenvalue weighted by Gasteiger charge is 2.40. The zero-order chi connectivity index (χ0) is 15.3. The molecule has 112 valence electrons. The molecule has 19 heavy (non-hydrogen) atoms. The number of aliphatic hydroxyl groups excluding tert-OH is 1. The van der Waals surface area contributed by atoms with Crippen LogP contribution in [0.1, 0.15) is 32.6 Å².